The Bertz CT molecular complexity index is 380. The highest BCUT2D eigenvalue weighted by Gasteiger charge is 2.28. The number of ether oxygens (including phenoxy) is 1. The van der Waals surface area contributed by atoms with Gasteiger partial charge >= 0.3 is 0 Å². The monoisotopic (exact) mass is 237 g/mol. The summed E-state index contributed by atoms with van der Waals surface area (Å²) in [5.41, 5.74) is 3.80. The molecule has 0 aromatic carbocycles. The minimum Gasteiger partial charge on any atom is -0.381 e. The van der Waals surface area contributed by atoms with Crippen LogP contribution in [0.1, 0.15) is 35.8 Å². The van der Waals surface area contributed by atoms with Crippen molar-refractivity contribution in [2.24, 2.45) is 13.0 Å². The van der Waals surface area contributed by atoms with Crippen LogP contribution in [0.3, 0.4) is 0 Å². The van der Waals surface area contributed by atoms with Gasteiger partial charge in [-0.05, 0) is 39.7 Å². The van der Waals surface area contributed by atoms with Crippen molar-refractivity contribution in [2.45, 2.75) is 32.7 Å². The van der Waals surface area contributed by atoms with Gasteiger partial charge in [-0.1, -0.05) is 0 Å². The van der Waals surface area contributed by atoms with Crippen molar-refractivity contribution in [3.8, 4) is 0 Å². The fourth-order valence-electron chi connectivity index (χ4n) is 2.90. The minimum atomic E-state index is 0.410. The maximum absolute atomic E-state index is 5.45. The Morgan fingerprint density at radius 3 is 2.47 bits per heavy atom. The van der Waals surface area contributed by atoms with E-state index in [1.165, 1.54) is 11.3 Å². The maximum Gasteiger partial charge on any atom is 0.0644 e. The molecule has 1 atom stereocenters. The summed E-state index contributed by atoms with van der Waals surface area (Å²) in [5.74, 6) is 0.662. The molecule has 1 aliphatic heterocycles. The topological polar surface area (TPSA) is 39.1 Å². The van der Waals surface area contributed by atoms with Crippen LogP contribution in [0.2, 0.25) is 0 Å². The predicted molar refractivity (Wildman–Crippen MR) is 68.0 cm³/mol. The molecular weight excluding hydrogens is 214 g/mol. The summed E-state index contributed by atoms with van der Waals surface area (Å²) in [7, 11) is 4.06. The highest BCUT2D eigenvalue weighted by atomic mass is 16.5. The number of nitrogens with one attached hydrogen (secondary N) is 1. The van der Waals surface area contributed by atoms with Gasteiger partial charge in [-0.15, -0.1) is 0 Å². The van der Waals surface area contributed by atoms with Crippen LogP contribution < -0.4 is 5.32 Å². The van der Waals surface area contributed by atoms with Gasteiger partial charge in [-0.3, -0.25) is 4.68 Å². The number of rotatable bonds is 3. The standard InChI is InChI=1S/C13H23N3O/c1-9-12(10(2)16(4)15-9)13(14-3)11-5-7-17-8-6-11/h11,13-14H,5-8H2,1-4H3. The van der Waals surface area contributed by atoms with E-state index in [2.05, 4.69) is 24.3 Å². The third-order valence-corrected chi connectivity index (χ3v) is 3.92. The van der Waals surface area contributed by atoms with E-state index < -0.39 is 0 Å². The minimum absolute atomic E-state index is 0.410. The molecule has 1 N–H and O–H groups in total. The molecule has 0 bridgehead atoms. The zero-order valence-corrected chi connectivity index (χ0v) is 11.3. The van der Waals surface area contributed by atoms with Crippen LogP contribution in [0.15, 0.2) is 0 Å². The smallest absolute Gasteiger partial charge is 0.0644 e. The van der Waals surface area contributed by atoms with Crippen molar-refractivity contribution in [1.29, 1.82) is 0 Å². The Morgan fingerprint density at radius 2 is 2.00 bits per heavy atom. The quantitative estimate of drug-likeness (QED) is 0.870. The summed E-state index contributed by atoms with van der Waals surface area (Å²) in [6, 6.07) is 0.410. The van der Waals surface area contributed by atoms with E-state index >= 15 is 0 Å². The molecule has 0 spiro atoms. The molecule has 96 valence electrons. The molecule has 1 aromatic heterocycles. The largest absolute Gasteiger partial charge is 0.381 e. The van der Waals surface area contributed by atoms with Crippen LogP contribution in [0.5, 0.6) is 0 Å². The Balaban J connectivity index is 2.27. The molecule has 0 saturated carbocycles. The van der Waals surface area contributed by atoms with Crippen molar-refractivity contribution in [1.82, 2.24) is 15.1 Å². The van der Waals surface area contributed by atoms with E-state index in [1.54, 1.807) is 0 Å². The van der Waals surface area contributed by atoms with Gasteiger partial charge in [0.05, 0.1) is 5.69 Å². The molecule has 2 rings (SSSR count). The van der Waals surface area contributed by atoms with Gasteiger partial charge in [0.25, 0.3) is 0 Å². The van der Waals surface area contributed by atoms with Crippen molar-refractivity contribution < 1.29 is 4.74 Å². The fraction of sp³-hybridized carbons (Fsp3) is 0.769. The van der Waals surface area contributed by atoms with Crippen LogP contribution in [0, 0.1) is 19.8 Å². The van der Waals surface area contributed by atoms with Gasteiger partial charge in [0.15, 0.2) is 0 Å². The number of hydrogen-bond acceptors (Lipinski definition) is 3. The lowest BCUT2D eigenvalue weighted by molar-refractivity contribution is 0.0544. The van der Waals surface area contributed by atoms with E-state index in [0.29, 0.717) is 12.0 Å². The predicted octanol–water partition coefficient (Wildman–Crippen LogP) is 1.72. The lowest BCUT2D eigenvalue weighted by Gasteiger charge is -2.30. The Morgan fingerprint density at radius 1 is 1.35 bits per heavy atom. The third-order valence-electron chi connectivity index (χ3n) is 3.92. The second-order valence-corrected chi connectivity index (χ2v) is 4.92. The van der Waals surface area contributed by atoms with Gasteiger partial charge in [0, 0.05) is 37.6 Å². The van der Waals surface area contributed by atoms with E-state index in [4.69, 9.17) is 4.74 Å². The summed E-state index contributed by atoms with van der Waals surface area (Å²) >= 11 is 0. The van der Waals surface area contributed by atoms with Gasteiger partial charge in [0.1, 0.15) is 0 Å². The number of aryl methyl sites for hydroxylation is 2. The first-order chi connectivity index (χ1) is 8.15. The molecule has 1 unspecified atom stereocenters. The lowest BCUT2D eigenvalue weighted by Crippen LogP contribution is -2.30. The van der Waals surface area contributed by atoms with Gasteiger partial charge in [0.2, 0.25) is 0 Å². The van der Waals surface area contributed by atoms with Crippen molar-refractivity contribution in [3.05, 3.63) is 17.0 Å². The molecular formula is C13H23N3O. The third kappa shape index (κ3) is 2.38. The van der Waals surface area contributed by atoms with Crippen LogP contribution in [-0.2, 0) is 11.8 Å². The summed E-state index contributed by atoms with van der Waals surface area (Å²) in [4.78, 5) is 0. The van der Waals surface area contributed by atoms with E-state index in [0.717, 1.165) is 31.7 Å². The van der Waals surface area contributed by atoms with E-state index in [1.807, 2.05) is 18.8 Å². The lowest BCUT2D eigenvalue weighted by atomic mass is 9.86. The Kier molecular flexibility index (Phi) is 3.84. The van der Waals surface area contributed by atoms with Crippen LogP contribution >= 0.6 is 0 Å². The summed E-state index contributed by atoms with van der Waals surface area (Å²) in [6.07, 6.45) is 2.28. The number of aromatic nitrogens is 2. The molecule has 2 heterocycles. The maximum atomic E-state index is 5.45. The molecule has 1 saturated heterocycles. The fourth-order valence-corrected chi connectivity index (χ4v) is 2.90. The van der Waals surface area contributed by atoms with Crippen molar-refractivity contribution in [2.75, 3.05) is 20.3 Å². The second-order valence-electron chi connectivity index (χ2n) is 4.92. The van der Waals surface area contributed by atoms with E-state index in [9.17, 15) is 0 Å². The Labute approximate surface area is 103 Å². The van der Waals surface area contributed by atoms with Crippen molar-refractivity contribution in [3.63, 3.8) is 0 Å². The first-order valence-corrected chi connectivity index (χ1v) is 6.40. The zero-order valence-electron chi connectivity index (χ0n) is 11.3. The highest BCUT2D eigenvalue weighted by Crippen LogP contribution is 2.32. The zero-order chi connectivity index (χ0) is 12.4. The molecule has 0 aliphatic carbocycles. The van der Waals surface area contributed by atoms with Gasteiger partial charge in [-0.25, -0.2) is 0 Å². The molecule has 17 heavy (non-hydrogen) atoms. The SMILES string of the molecule is CNC(c1c(C)nn(C)c1C)C1CCOCC1. The molecule has 1 fully saturated rings. The van der Waals surface area contributed by atoms with E-state index in [-0.39, 0.29) is 0 Å². The number of nitrogens with zero attached hydrogens (tertiary/aromatic N) is 2. The molecule has 4 nitrogen and oxygen atoms in total. The highest BCUT2D eigenvalue weighted by molar-refractivity contribution is 5.28. The first kappa shape index (κ1) is 12.6. The van der Waals surface area contributed by atoms with Crippen molar-refractivity contribution >= 4 is 0 Å². The average Bonchev–Trinajstić information content (AvgIpc) is 2.58. The summed E-state index contributed by atoms with van der Waals surface area (Å²) < 4.78 is 7.43. The normalized spacial score (nSPS) is 19.5. The summed E-state index contributed by atoms with van der Waals surface area (Å²) in [5, 5.41) is 7.99. The second kappa shape index (κ2) is 5.19. The molecule has 4 heteroatoms. The molecule has 0 amide bonds. The first-order valence-electron chi connectivity index (χ1n) is 6.40. The molecule has 1 aromatic rings. The Hall–Kier alpha value is -0.870. The van der Waals surface area contributed by atoms with Crippen LogP contribution in [0.25, 0.3) is 0 Å². The average molecular weight is 237 g/mol. The summed E-state index contributed by atoms with van der Waals surface area (Å²) in [6.45, 7) is 6.04. The van der Waals surface area contributed by atoms with Gasteiger partial charge in [-0.2, -0.15) is 5.10 Å². The molecule has 1 aliphatic rings. The van der Waals surface area contributed by atoms with Gasteiger partial charge < -0.3 is 10.1 Å². The van der Waals surface area contributed by atoms with Crippen LogP contribution in [-0.4, -0.2) is 30.0 Å². The number of hydrogen-bond donors (Lipinski definition) is 1. The molecule has 0 radical (unpaired) electrons. The van der Waals surface area contributed by atoms with Crippen LogP contribution in [0.4, 0.5) is 0 Å².